The molecule has 18 heavy (non-hydrogen) atoms. The first-order valence-electron chi connectivity index (χ1n) is 6.02. The van der Waals surface area contributed by atoms with Crippen LogP contribution in [-0.4, -0.2) is 23.7 Å². The van der Waals surface area contributed by atoms with E-state index in [1.807, 2.05) is 12.1 Å². The summed E-state index contributed by atoms with van der Waals surface area (Å²) in [6, 6.07) is 7.73. The van der Waals surface area contributed by atoms with Crippen molar-refractivity contribution in [2.24, 2.45) is 0 Å². The number of cyclic esters (lactones) is 1. The Morgan fingerprint density at radius 2 is 2.17 bits per heavy atom. The number of aryl methyl sites for hydroxylation is 1. The summed E-state index contributed by atoms with van der Waals surface area (Å²) in [7, 11) is 0. The second-order valence-electron chi connectivity index (χ2n) is 4.16. The molecular weight excluding hydrogens is 248 g/mol. The van der Waals surface area contributed by atoms with Gasteiger partial charge in [-0.05, 0) is 36.3 Å². The van der Waals surface area contributed by atoms with Crippen molar-refractivity contribution in [1.29, 1.82) is 0 Å². The average Bonchev–Trinajstić information content (AvgIpc) is 2.76. The Kier molecular flexibility index (Phi) is 4.15. The average molecular weight is 264 g/mol. The van der Waals surface area contributed by atoms with Gasteiger partial charge in [0.05, 0.1) is 6.61 Å². The Hall–Kier alpha value is -1.62. The highest BCUT2D eigenvalue weighted by Crippen LogP contribution is 2.11. The molecule has 1 aromatic carbocycles. The summed E-state index contributed by atoms with van der Waals surface area (Å²) in [5.41, 5.74) is 2.19. The van der Waals surface area contributed by atoms with Gasteiger partial charge in [-0.3, -0.25) is 0 Å². The molecule has 0 bridgehead atoms. The number of nitrogens with one attached hydrogen (secondary N) is 2. The van der Waals surface area contributed by atoms with Gasteiger partial charge >= 0.3 is 5.97 Å². The maximum Gasteiger partial charge on any atom is 0.328 e. The zero-order chi connectivity index (χ0) is 13.0. The van der Waals surface area contributed by atoms with E-state index in [1.165, 1.54) is 5.56 Å². The Morgan fingerprint density at radius 3 is 2.72 bits per heavy atom. The number of anilines is 1. The third kappa shape index (κ3) is 3.20. The van der Waals surface area contributed by atoms with Crippen molar-refractivity contribution in [3.05, 3.63) is 29.8 Å². The smallest absolute Gasteiger partial charge is 0.328 e. The highest BCUT2D eigenvalue weighted by molar-refractivity contribution is 7.80. The van der Waals surface area contributed by atoms with Crippen LogP contribution in [0.1, 0.15) is 18.9 Å². The van der Waals surface area contributed by atoms with Gasteiger partial charge in [0.25, 0.3) is 0 Å². The predicted octanol–water partition coefficient (Wildman–Crippen LogP) is 1.85. The van der Waals surface area contributed by atoms with Gasteiger partial charge in [0.2, 0.25) is 0 Å². The Bertz CT molecular complexity index is 445. The predicted molar refractivity (Wildman–Crippen MR) is 74.5 cm³/mol. The van der Waals surface area contributed by atoms with E-state index >= 15 is 0 Å². The number of esters is 1. The fourth-order valence-corrected chi connectivity index (χ4v) is 2.04. The monoisotopic (exact) mass is 264 g/mol. The second-order valence-corrected chi connectivity index (χ2v) is 4.57. The van der Waals surface area contributed by atoms with E-state index in [2.05, 4.69) is 29.7 Å². The number of thiocarbonyl (C=S) groups is 1. The van der Waals surface area contributed by atoms with Crippen LogP contribution in [0.15, 0.2) is 24.3 Å². The van der Waals surface area contributed by atoms with E-state index in [9.17, 15) is 4.79 Å². The molecule has 0 amide bonds. The first kappa shape index (κ1) is 12.8. The van der Waals surface area contributed by atoms with E-state index in [4.69, 9.17) is 17.0 Å². The van der Waals surface area contributed by atoms with Gasteiger partial charge < -0.3 is 15.4 Å². The molecule has 1 aromatic rings. The van der Waals surface area contributed by atoms with Crippen molar-refractivity contribution >= 4 is 29.0 Å². The molecule has 0 saturated carbocycles. The highest BCUT2D eigenvalue weighted by atomic mass is 32.1. The molecule has 4 nitrogen and oxygen atoms in total. The van der Waals surface area contributed by atoms with Crippen LogP contribution in [0.3, 0.4) is 0 Å². The van der Waals surface area contributed by atoms with Crippen molar-refractivity contribution in [2.45, 2.75) is 25.8 Å². The number of hydrogen-bond acceptors (Lipinski definition) is 3. The lowest BCUT2D eigenvalue weighted by molar-refractivity contribution is -0.139. The van der Waals surface area contributed by atoms with Gasteiger partial charge in [-0.25, -0.2) is 4.79 Å². The minimum Gasteiger partial charge on any atom is -0.464 e. The zero-order valence-corrected chi connectivity index (χ0v) is 11.0. The Balaban J connectivity index is 1.88. The lowest BCUT2D eigenvalue weighted by Crippen LogP contribution is -2.40. The van der Waals surface area contributed by atoms with Crippen LogP contribution in [0.4, 0.5) is 5.69 Å². The zero-order valence-electron chi connectivity index (χ0n) is 10.2. The summed E-state index contributed by atoms with van der Waals surface area (Å²) in [5.74, 6) is -0.236. The number of hydrogen-bond donors (Lipinski definition) is 2. The molecule has 0 spiro atoms. The van der Waals surface area contributed by atoms with Gasteiger partial charge in [-0.1, -0.05) is 19.1 Å². The first-order chi connectivity index (χ1) is 8.69. The number of rotatable bonds is 3. The minimum atomic E-state index is -0.320. The van der Waals surface area contributed by atoms with Crippen molar-refractivity contribution in [3.8, 4) is 0 Å². The van der Waals surface area contributed by atoms with E-state index in [-0.39, 0.29) is 12.0 Å². The lowest BCUT2D eigenvalue weighted by atomic mass is 10.1. The van der Waals surface area contributed by atoms with Gasteiger partial charge in [0.1, 0.15) is 6.04 Å². The van der Waals surface area contributed by atoms with Crippen molar-refractivity contribution < 1.29 is 9.53 Å². The molecule has 1 saturated heterocycles. The first-order valence-corrected chi connectivity index (χ1v) is 6.43. The molecule has 0 radical (unpaired) electrons. The van der Waals surface area contributed by atoms with Gasteiger partial charge in [-0.15, -0.1) is 0 Å². The van der Waals surface area contributed by atoms with Crippen molar-refractivity contribution in [1.82, 2.24) is 5.32 Å². The van der Waals surface area contributed by atoms with Crippen LogP contribution in [0.5, 0.6) is 0 Å². The summed E-state index contributed by atoms with van der Waals surface area (Å²) in [6.07, 6.45) is 1.67. The van der Waals surface area contributed by atoms with Crippen LogP contribution in [0, 0.1) is 0 Å². The van der Waals surface area contributed by atoms with Crippen LogP contribution in [0.25, 0.3) is 0 Å². The fourth-order valence-electron chi connectivity index (χ4n) is 1.78. The Morgan fingerprint density at radius 1 is 1.44 bits per heavy atom. The highest BCUT2D eigenvalue weighted by Gasteiger charge is 2.26. The maximum atomic E-state index is 11.3. The van der Waals surface area contributed by atoms with E-state index < -0.39 is 0 Å². The molecule has 2 N–H and O–H groups in total. The number of benzene rings is 1. The Labute approximate surface area is 112 Å². The molecule has 0 aliphatic carbocycles. The van der Waals surface area contributed by atoms with Gasteiger partial charge in [0, 0.05) is 12.1 Å². The molecule has 1 aliphatic rings. The second kappa shape index (κ2) is 5.82. The molecule has 0 aromatic heterocycles. The summed E-state index contributed by atoms with van der Waals surface area (Å²) in [4.78, 5) is 11.3. The molecule has 0 unspecified atom stereocenters. The molecule has 1 fully saturated rings. The van der Waals surface area contributed by atoms with E-state index in [1.54, 1.807) is 0 Å². The molecule has 1 aliphatic heterocycles. The summed E-state index contributed by atoms with van der Waals surface area (Å²) in [6.45, 7) is 2.57. The number of carbonyl (C=O) groups is 1. The molecule has 96 valence electrons. The lowest BCUT2D eigenvalue weighted by Gasteiger charge is -2.13. The topological polar surface area (TPSA) is 50.4 Å². The van der Waals surface area contributed by atoms with Crippen LogP contribution in [0.2, 0.25) is 0 Å². The van der Waals surface area contributed by atoms with E-state index in [0.717, 1.165) is 12.1 Å². The quantitative estimate of drug-likeness (QED) is 0.644. The molecule has 1 atom stereocenters. The van der Waals surface area contributed by atoms with E-state index in [0.29, 0.717) is 18.1 Å². The van der Waals surface area contributed by atoms with Gasteiger partial charge in [-0.2, -0.15) is 0 Å². The summed E-state index contributed by atoms with van der Waals surface area (Å²) >= 11 is 5.16. The van der Waals surface area contributed by atoms with Crippen LogP contribution >= 0.6 is 12.2 Å². The summed E-state index contributed by atoms with van der Waals surface area (Å²) in [5, 5.41) is 6.45. The van der Waals surface area contributed by atoms with Crippen molar-refractivity contribution in [2.75, 3.05) is 11.9 Å². The van der Waals surface area contributed by atoms with Crippen LogP contribution in [-0.2, 0) is 16.0 Å². The SMILES string of the molecule is CCc1ccc(NC(=S)N[C@H]2CCOC2=O)cc1. The third-order valence-electron chi connectivity index (χ3n) is 2.86. The largest absolute Gasteiger partial charge is 0.464 e. The fraction of sp³-hybridized carbons (Fsp3) is 0.385. The molecule has 2 rings (SSSR count). The maximum absolute atomic E-state index is 11.3. The van der Waals surface area contributed by atoms with Crippen LogP contribution < -0.4 is 10.6 Å². The number of carbonyl (C=O) groups excluding carboxylic acids is 1. The third-order valence-corrected chi connectivity index (χ3v) is 3.08. The molecule has 5 heteroatoms. The minimum absolute atomic E-state index is 0.236. The molecule has 1 heterocycles. The number of ether oxygens (including phenoxy) is 1. The van der Waals surface area contributed by atoms with Gasteiger partial charge in [0.15, 0.2) is 5.11 Å². The standard InChI is InChI=1S/C13H16N2O2S/c1-2-9-3-5-10(6-4-9)14-13(18)15-11-7-8-17-12(11)16/h3-6,11H,2,7-8H2,1H3,(H2,14,15,18)/t11-/m0/s1. The van der Waals surface area contributed by atoms with Crippen molar-refractivity contribution in [3.63, 3.8) is 0 Å². The normalized spacial score (nSPS) is 18.3. The molecular formula is C13H16N2O2S. The summed E-state index contributed by atoms with van der Waals surface area (Å²) < 4.78 is 4.86.